The Kier molecular flexibility index (Phi) is 2.90. The molecule has 0 radical (unpaired) electrons. The van der Waals surface area contributed by atoms with E-state index in [1.165, 1.54) is 7.11 Å². The van der Waals surface area contributed by atoms with Crippen LogP contribution in [0.5, 0.6) is 0 Å². The standard InChI is InChI=1S/C12H12O4/c1-15-12(14)9-4-2-8(3-5-9)10-6-11(13)16-7-10/h2-5,10H,6-7H2,1H3. The average Bonchev–Trinajstić information content (AvgIpc) is 2.75. The molecule has 1 aliphatic rings. The van der Waals surface area contributed by atoms with Gasteiger partial charge in [0.1, 0.15) is 0 Å². The number of esters is 2. The van der Waals surface area contributed by atoms with Crippen LogP contribution in [0.3, 0.4) is 0 Å². The van der Waals surface area contributed by atoms with Gasteiger partial charge in [-0.15, -0.1) is 0 Å². The number of cyclic esters (lactones) is 1. The SMILES string of the molecule is COC(=O)c1ccc(C2COC(=O)C2)cc1. The fraction of sp³-hybridized carbons (Fsp3) is 0.333. The average molecular weight is 220 g/mol. The zero-order chi connectivity index (χ0) is 11.5. The van der Waals surface area contributed by atoms with Gasteiger partial charge >= 0.3 is 11.9 Å². The number of ether oxygens (including phenoxy) is 2. The largest absolute Gasteiger partial charge is 0.465 e. The van der Waals surface area contributed by atoms with Crippen molar-refractivity contribution in [2.45, 2.75) is 12.3 Å². The molecule has 0 amide bonds. The van der Waals surface area contributed by atoms with Crippen LogP contribution in [0.25, 0.3) is 0 Å². The maximum atomic E-state index is 11.2. The summed E-state index contributed by atoms with van der Waals surface area (Å²) < 4.78 is 9.49. The summed E-state index contributed by atoms with van der Waals surface area (Å²) in [4.78, 5) is 22.1. The molecule has 1 saturated heterocycles. The minimum absolute atomic E-state index is 0.110. The van der Waals surface area contributed by atoms with Crippen LogP contribution >= 0.6 is 0 Å². The monoisotopic (exact) mass is 220 g/mol. The van der Waals surface area contributed by atoms with Crippen molar-refractivity contribution in [2.75, 3.05) is 13.7 Å². The highest BCUT2D eigenvalue weighted by Crippen LogP contribution is 2.26. The molecule has 4 heteroatoms. The van der Waals surface area contributed by atoms with Crippen LogP contribution in [-0.2, 0) is 14.3 Å². The molecule has 1 aromatic carbocycles. The highest BCUT2D eigenvalue weighted by Gasteiger charge is 2.25. The lowest BCUT2D eigenvalue weighted by Crippen LogP contribution is -2.02. The summed E-state index contributed by atoms with van der Waals surface area (Å²) in [7, 11) is 1.35. The van der Waals surface area contributed by atoms with Crippen molar-refractivity contribution in [3.05, 3.63) is 35.4 Å². The van der Waals surface area contributed by atoms with Gasteiger partial charge in [0.25, 0.3) is 0 Å². The molecular weight excluding hydrogens is 208 g/mol. The maximum absolute atomic E-state index is 11.2. The zero-order valence-corrected chi connectivity index (χ0v) is 8.93. The first kappa shape index (κ1) is 10.7. The first-order valence-electron chi connectivity index (χ1n) is 5.04. The maximum Gasteiger partial charge on any atom is 0.337 e. The Morgan fingerprint density at radius 2 is 2.06 bits per heavy atom. The second-order valence-electron chi connectivity index (χ2n) is 3.70. The van der Waals surface area contributed by atoms with Crippen molar-refractivity contribution >= 4 is 11.9 Å². The number of benzene rings is 1. The van der Waals surface area contributed by atoms with Crippen LogP contribution < -0.4 is 0 Å². The second kappa shape index (κ2) is 4.35. The predicted octanol–water partition coefficient (Wildman–Crippen LogP) is 1.50. The fourth-order valence-corrected chi connectivity index (χ4v) is 1.74. The van der Waals surface area contributed by atoms with Crippen molar-refractivity contribution in [3.63, 3.8) is 0 Å². The second-order valence-corrected chi connectivity index (χ2v) is 3.70. The Morgan fingerprint density at radius 3 is 2.56 bits per heavy atom. The normalized spacial score (nSPS) is 19.3. The van der Waals surface area contributed by atoms with Gasteiger partial charge in [0.2, 0.25) is 0 Å². The molecule has 0 bridgehead atoms. The van der Waals surface area contributed by atoms with Gasteiger partial charge in [0.15, 0.2) is 0 Å². The molecule has 84 valence electrons. The molecule has 2 rings (SSSR count). The lowest BCUT2D eigenvalue weighted by atomic mass is 9.97. The molecule has 1 heterocycles. The van der Waals surface area contributed by atoms with Gasteiger partial charge in [-0.3, -0.25) is 4.79 Å². The third-order valence-corrected chi connectivity index (χ3v) is 2.66. The van der Waals surface area contributed by atoms with Gasteiger partial charge in [-0.05, 0) is 17.7 Å². The van der Waals surface area contributed by atoms with Crippen molar-refractivity contribution in [1.82, 2.24) is 0 Å². The third-order valence-electron chi connectivity index (χ3n) is 2.66. The Hall–Kier alpha value is -1.84. The number of rotatable bonds is 2. The van der Waals surface area contributed by atoms with E-state index in [2.05, 4.69) is 4.74 Å². The number of methoxy groups -OCH3 is 1. The summed E-state index contributed by atoms with van der Waals surface area (Å²) >= 11 is 0. The van der Waals surface area contributed by atoms with E-state index in [-0.39, 0.29) is 17.9 Å². The van der Waals surface area contributed by atoms with Gasteiger partial charge < -0.3 is 9.47 Å². The molecule has 1 aliphatic heterocycles. The number of hydrogen-bond donors (Lipinski definition) is 0. The van der Waals surface area contributed by atoms with Gasteiger partial charge in [-0.1, -0.05) is 12.1 Å². The van der Waals surface area contributed by atoms with E-state index < -0.39 is 0 Å². The Bertz CT molecular complexity index is 408. The minimum atomic E-state index is -0.356. The van der Waals surface area contributed by atoms with Crippen LogP contribution in [0.2, 0.25) is 0 Å². The molecule has 1 atom stereocenters. The molecule has 0 aromatic heterocycles. The Labute approximate surface area is 93.2 Å². The third kappa shape index (κ3) is 2.05. The van der Waals surface area contributed by atoms with E-state index in [1.807, 2.05) is 12.1 Å². The Morgan fingerprint density at radius 1 is 1.38 bits per heavy atom. The van der Waals surface area contributed by atoms with Crippen LogP contribution in [0.1, 0.15) is 28.3 Å². The highest BCUT2D eigenvalue weighted by molar-refractivity contribution is 5.89. The van der Waals surface area contributed by atoms with E-state index in [1.54, 1.807) is 12.1 Å². The van der Waals surface area contributed by atoms with Gasteiger partial charge in [0, 0.05) is 5.92 Å². The van der Waals surface area contributed by atoms with Crippen molar-refractivity contribution in [3.8, 4) is 0 Å². The quantitative estimate of drug-likeness (QED) is 0.709. The van der Waals surface area contributed by atoms with E-state index in [0.29, 0.717) is 18.6 Å². The first-order valence-corrected chi connectivity index (χ1v) is 5.04. The van der Waals surface area contributed by atoms with Crippen molar-refractivity contribution in [2.24, 2.45) is 0 Å². The lowest BCUT2D eigenvalue weighted by molar-refractivity contribution is -0.137. The molecule has 1 aromatic rings. The molecule has 0 saturated carbocycles. The van der Waals surface area contributed by atoms with Crippen molar-refractivity contribution in [1.29, 1.82) is 0 Å². The molecule has 16 heavy (non-hydrogen) atoms. The summed E-state index contributed by atoms with van der Waals surface area (Å²) in [5.41, 5.74) is 1.52. The summed E-state index contributed by atoms with van der Waals surface area (Å²) in [6.07, 6.45) is 0.414. The van der Waals surface area contributed by atoms with Crippen LogP contribution in [0, 0.1) is 0 Å². The molecule has 1 unspecified atom stereocenters. The molecule has 0 N–H and O–H groups in total. The summed E-state index contributed by atoms with van der Waals surface area (Å²) in [6.45, 7) is 0.427. The molecule has 4 nitrogen and oxygen atoms in total. The number of carbonyl (C=O) groups excluding carboxylic acids is 2. The van der Waals surface area contributed by atoms with Gasteiger partial charge in [-0.25, -0.2) is 4.79 Å². The lowest BCUT2D eigenvalue weighted by Gasteiger charge is -2.06. The molecule has 0 aliphatic carbocycles. The smallest absolute Gasteiger partial charge is 0.337 e. The summed E-state index contributed by atoms with van der Waals surface area (Å²) in [6, 6.07) is 7.06. The van der Waals surface area contributed by atoms with Crippen LogP contribution in [0.15, 0.2) is 24.3 Å². The number of hydrogen-bond acceptors (Lipinski definition) is 4. The zero-order valence-electron chi connectivity index (χ0n) is 8.93. The van der Waals surface area contributed by atoms with Crippen LogP contribution in [-0.4, -0.2) is 25.7 Å². The summed E-state index contributed by atoms with van der Waals surface area (Å²) in [5.74, 6) is -0.411. The summed E-state index contributed by atoms with van der Waals surface area (Å²) in [5, 5.41) is 0. The van der Waals surface area contributed by atoms with E-state index in [9.17, 15) is 9.59 Å². The fourth-order valence-electron chi connectivity index (χ4n) is 1.74. The molecular formula is C12H12O4. The van der Waals surface area contributed by atoms with Gasteiger partial charge in [0.05, 0.1) is 25.7 Å². The predicted molar refractivity (Wildman–Crippen MR) is 56.1 cm³/mol. The Balaban J connectivity index is 2.13. The molecule has 0 spiro atoms. The van der Waals surface area contributed by atoms with Crippen molar-refractivity contribution < 1.29 is 19.1 Å². The van der Waals surface area contributed by atoms with E-state index in [0.717, 1.165) is 5.56 Å². The first-order chi connectivity index (χ1) is 7.70. The highest BCUT2D eigenvalue weighted by atomic mass is 16.5. The topological polar surface area (TPSA) is 52.6 Å². The molecule has 1 fully saturated rings. The van der Waals surface area contributed by atoms with E-state index in [4.69, 9.17) is 4.74 Å². The number of carbonyl (C=O) groups is 2. The van der Waals surface area contributed by atoms with Gasteiger partial charge in [-0.2, -0.15) is 0 Å². The van der Waals surface area contributed by atoms with E-state index >= 15 is 0 Å². The minimum Gasteiger partial charge on any atom is -0.465 e. The van der Waals surface area contributed by atoms with Crippen LogP contribution in [0.4, 0.5) is 0 Å².